The number of ether oxygens (including phenoxy) is 1. The molecule has 0 unspecified atom stereocenters. The van der Waals surface area contributed by atoms with Crippen LogP contribution in [0.5, 0.6) is 0 Å². The smallest absolute Gasteiger partial charge is 0.307 e. The van der Waals surface area contributed by atoms with Gasteiger partial charge < -0.3 is 15.0 Å². The molecule has 0 aromatic heterocycles. The molecule has 0 aromatic rings. The topological polar surface area (TPSA) is 58.6 Å². The maximum Gasteiger partial charge on any atom is 0.307 e. The molecular weight excluding hydrogens is 288 g/mol. The van der Waals surface area contributed by atoms with Gasteiger partial charge >= 0.3 is 5.97 Å². The zero-order valence-electron chi connectivity index (χ0n) is 13.4. The van der Waals surface area contributed by atoms with Crippen molar-refractivity contribution in [1.82, 2.24) is 10.2 Å². The molecule has 1 heterocycles. The third kappa shape index (κ3) is 7.71. The van der Waals surface area contributed by atoms with Gasteiger partial charge in [0.25, 0.3) is 0 Å². The minimum absolute atomic E-state index is 0.135. The van der Waals surface area contributed by atoms with Gasteiger partial charge in [-0.2, -0.15) is 0 Å². The molecule has 1 fully saturated rings. The molecule has 1 aliphatic heterocycles. The lowest BCUT2D eigenvalue weighted by Crippen LogP contribution is -2.38. The van der Waals surface area contributed by atoms with E-state index in [1.165, 1.54) is 7.11 Å². The summed E-state index contributed by atoms with van der Waals surface area (Å²) in [6.45, 7) is 7.41. The average molecular weight is 316 g/mol. The van der Waals surface area contributed by atoms with E-state index in [0.717, 1.165) is 25.9 Å². The molecule has 0 spiro atoms. The predicted molar refractivity (Wildman–Crippen MR) is 86.4 cm³/mol. The van der Waals surface area contributed by atoms with Crippen molar-refractivity contribution in [2.45, 2.75) is 38.4 Å². The Bertz CT molecular complexity index is 331. The number of nitrogens with one attached hydrogen (secondary N) is 1. The number of methoxy groups -OCH3 is 1. The maximum absolute atomic E-state index is 12.4. The fraction of sp³-hybridized carbons (Fsp3) is 0.867. The molecule has 0 radical (unpaired) electrons. The molecule has 0 bridgehead atoms. The van der Waals surface area contributed by atoms with Crippen molar-refractivity contribution >= 4 is 23.6 Å². The Balaban J connectivity index is 2.39. The van der Waals surface area contributed by atoms with Crippen LogP contribution in [0.1, 0.15) is 33.1 Å². The lowest BCUT2D eigenvalue weighted by atomic mass is 10.2. The first kappa shape index (κ1) is 18.3. The molecule has 0 aromatic carbocycles. The van der Waals surface area contributed by atoms with E-state index in [2.05, 4.69) is 23.9 Å². The molecule has 0 saturated carbocycles. The largest absolute Gasteiger partial charge is 0.469 e. The Hall–Kier alpha value is -0.750. The number of amides is 1. The van der Waals surface area contributed by atoms with Crippen molar-refractivity contribution in [2.75, 3.05) is 39.0 Å². The molecule has 1 amide bonds. The summed E-state index contributed by atoms with van der Waals surface area (Å²) >= 11 is 1.75. The van der Waals surface area contributed by atoms with Crippen LogP contribution in [0.4, 0.5) is 0 Å². The predicted octanol–water partition coefficient (Wildman–Crippen LogP) is 1.52. The second-order valence-corrected chi connectivity index (χ2v) is 7.11. The van der Waals surface area contributed by atoms with Gasteiger partial charge in [-0.3, -0.25) is 9.59 Å². The highest BCUT2D eigenvalue weighted by Gasteiger charge is 2.19. The number of hydrogen-bond donors (Lipinski definition) is 1. The molecule has 1 aliphatic rings. The third-order valence-electron chi connectivity index (χ3n) is 3.48. The average Bonchev–Trinajstić information content (AvgIpc) is 2.49. The molecule has 1 rings (SSSR count). The van der Waals surface area contributed by atoms with E-state index in [1.54, 1.807) is 16.7 Å². The number of rotatable bonds is 8. The fourth-order valence-corrected chi connectivity index (χ4v) is 3.46. The number of nitrogens with zero attached hydrogens (tertiary/aromatic N) is 1. The van der Waals surface area contributed by atoms with Crippen LogP contribution in [0.25, 0.3) is 0 Å². The van der Waals surface area contributed by atoms with Gasteiger partial charge in [-0.1, -0.05) is 13.8 Å². The van der Waals surface area contributed by atoms with Gasteiger partial charge in [0, 0.05) is 18.3 Å². The first-order valence-electron chi connectivity index (χ1n) is 7.69. The number of thioether (sulfide) groups is 1. The minimum Gasteiger partial charge on any atom is -0.469 e. The van der Waals surface area contributed by atoms with E-state index in [4.69, 9.17) is 0 Å². The summed E-state index contributed by atoms with van der Waals surface area (Å²) in [5.74, 6) is 0.785. The van der Waals surface area contributed by atoms with E-state index in [1.807, 2.05) is 0 Å². The van der Waals surface area contributed by atoms with Crippen LogP contribution in [-0.4, -0.2) is 61.1 Å². The van der Waals surface area contributed by atoms with Crippen molar-refractivity contribution in [1.29, 1.82) is 0 Å². The summed E-state index contributed by atoms with van der Waals surface area (Å²) in [7, 11) is 1.38. The zero-order chi connectivity index (χ0) is 15.7. The number of piperidine rings is 1. The van der Waals surface area contributed by atoms with Crippen LogP contribution < -0.4 is 5.32 Å². The maximum atomic E-state index is 12.4. The van der Waals surface area contributed by atoms with Gasteiger partial charge in [0.2, 0.25) is 5.91 Å². The Kier molecular flexibility index (Phi) is 8.76. The Morgan fingerprint density at radius 3 is 2.57 bits per heavy atom. The lowest BCUT2D eigenvalue weighted by Gasteiger charge is -2.26. The van der Waals surface area contributed by atoms with Crippen molar-refractivity contribution in [3.63, 3.8) is 0 Å². The summed E-state index contributed by atoms with van der Waals surface area (Å²) in [5, 5.41) is 3.91. The van der Waals surface area contributed by atoms with E-state index in [0.29, 0.717) is 30.0 Å². The summed E-state index contributed by atoms with van der Waals surface area (Å²) in [4.78, 5) is 25.4. The molecule has 0 atom stereocenters. The van der Waals surface area contributed by atoms with Crippen LogP contribution in [0, 0.1) is 5.92 Å². The monoisotopic (exact) mass is 316 g/mol. The Morgan fingerprint density at radius 2 is 2.00 bits per heavy atom. The molecule has 21 heavy (non-hydrogen) atoms. The third-order valence-corrected chi connectivity index (χ3v) is 4.84. The second kappa shape index (κ2) is 10.1. The number of esters is 1. The molecule has 1 saturated heterocycles. The summed E-state index contributed by atoms with van der Waals surface area (Å²) in [5.41, 5.74) is 0. The highest BCUT2D eigenvalue weighted by molar-refractivity contribution is 8.00. The van der Waals surface area contributed by atoms with Crippen molar-refractivity contribution < 1.29 is 14.3 Å². The van der Waals surface area contributed by atoms with Gasteiger partial charge in [-0.05, 0) is 31.8 Å². The van der Waals surface area contributed by atoms with Crippen LogP contribution in [-0.2, 0) is 14.3 Å². The van der Waals surface area contributed by atoms with E-state index < -0.39 is 0 Å². The van der Waals surface area contributed by atoms with Gasteiger partial charge in [0.05, 0.1) is 19.3 Å². The van der Waals surface area contributed by atoms with Crippen LogP contribution in [0.3, 0.4) is 0 Å². The fourth-order valence-electron chi connectivity index (χ4n) is 2.33. The van der Waals surface area contributed by atoms with E-state index in [-0.39, 0.29) is 18.3 Å². The van der Waals surface area contributed by atoms with Gasteiger partial charge in [-0.25, -0.2) is 0 Å². The lowest BCUT2D eigenvalue weighted by molar-refractivity contribution is -0.141. The summed E-state index contributed by atoms with van der Waals surface area (Å²) < 4.78 is 4.65. The Morgan fingerprint density at radius 1 is 1.33 bits per heavy atom. The second-order valence-electron chi connectivity index (χ2n) is 5.82. The van der Waals surface area contributed by atoms with Crippen LogP contribution >= 0.6 is 11.8 Å². The highest BCUT2D eigenvalue weighted by Crippen LogP contribution is 2.20. The first-order valence-corrected chi connectivity index (χ1v) is 8.74. The standard InChI is InChI=1S/C15H28N2O3S/c1-12(2)10-17(9-6-15(19)20-3)14(18)11-21-13-4-7-16-8-5-13/h12-13,16H,4-11H2,1-3H3. The summed E-state index contributed by atoms with van der Waals surface area (Å²) in [6, 6.07) is 0. The first-order chi connectivity index (χ1) is 10.0. The van der Waals surface area contributed by atoms with Crippen LogP contribution in [0.15, 0.2) is 0 Å². The van der Waals surface area contributed by atoms with Gasteiger partial charge in [0.1, 0.15) is 0 Å². The normalized spacial score (nSPS) is 16.0. The quantitative estimate of drug-likeness (QED) is 0.688. The molecule has 0 aliphatic carbocycles. The van der Waals surface area contributed by atoms with Gasteiger partial charge in [0.15, 0.2) is 0 Å². The van der Waals surface area contributed by atoms with Gasteiger partial charge in [-0.15, -0.1) is 11.8 Å². The molecule has 122 valence electrons. The van der Waals surface area contributed by atoms with Crippen LogP contribution in [0.2, 0.25) is 0 Å². The molecular formula is C15H28N2O3S. The van der Waals surface area contributed by atoms with E-state index in [9.17, 15) is 9.59 Å². The number of carbonyl (C=O) groups excluding carboxylic acids is 2. The van der Waals surface area contributed by atoms with E-state index >= 15 is 0 Å². The molecule has 1 N–H and O–H groups in total. The number of hydrogen-bond acceptors (Lipinski definition) is 5. The molecule has 6 heteroatoms. The number of carbonyl (C=O) groups is 2. The zero-order valence-corrected chi connectivity index (χ0v) is 14.2. The van der Waals surface area contributed by atoms with Crippen molar-refractivity contribution in [3.8, 4) is 0 Å². The minimum atomic E-state index is -0.262. The SMILES string of the molecule is COC(=O)CCN(CC(C)C)C(=O)CSC1CCNCC1. The molecule has 5 nitrogen and oxygen atoms in total. The van der Waals surface area contributed by atoms with Crippen molar-refractivity contribution in [2.24, 2.45) is 5.92 Å². The van der Waals surface area contributed by atoms with Crippen molar-refractivity contribution in [3.05, 3.63) is 0 Å². The highest BCUT2D eigenvalue weighted by atomic mass is 32.2. The Labute approximate surface area is 132 Å². The summed E-state index contributed by atoms with van der Waals surface area (Å²) in [6.07, 6.45) is 2.53.